The number of para-hydroxylation sites is 2. The fourth-order valence-electron chi connectivity index (χ4n) is 2.74. The Balaban J connectivity index is 1.90. The average molecular weight is 356 g/mol. The Morgan fingerprint density at radius 1 is 0.962 bits per heavy atom. The lowest BCUT2D eigenvalue weighted by molar-refractivity contribution is -0.118. The fraction of sp³-hybridized carbons (Fsp3) is 0.381. The van der Waals surface area contributed by atoms with Gasteiger partial charge in [0.2, 0.25) is 0 Å². The summed E-state index contributed by atoms with van der Waals surface area (Å²) in [6, 6.07) is 15.2. The van der Waals surface area contributed by atoms with Crippen LogP contribution < -0.4 is 19.7 Å². The molecule has 5 heteroatoms. The quantitative estimate of drug-likeness (QED) is 0.688. The van der Waals surface area contributed by atoms with Crippen LogP contribution in [0.5, 0.6) is 11.5 Å². The van der Waals surface area contributed by atoms with E-state index in [0.29, 0.717) is 11.5 Å². The van der Waals surface area contributed by atoms with Crippen LogP contribution in [0, 0.1) is 0 Å². The molecule has 0 atom stereocenters. The van der Waals surface area contributed by atoms with E-state index in [1.54, 1.807) is 19.2 Å². The molecular formula is C21H28N2O3. The molecule has 0 fully saturated rings. The monoisotopic (exact) mass is 356 g/mol. The summed E-state index contributed by atoms with van der Waals surface area (Å²) in [4.78, 5) is 14.5. The molecule has 0 aliphatic heterocycles. The fourth-order valence-corrected chi connectivity index (χ4v) is 2.74. The molecule has 2 rings (SSSR count). The maximum absolute atomic E-state index is 12.1. The van der Waals surface area contributed by atoms with Gasteiger partial charge >= 0.3 is 0 Å². The minimum Gasteiger partial charge on any atom is -0.493 e. The molecule has 1 N–H and O–H groups in total. The van der Waals surface area contributed by atoms with E-state index >= 15 is 0 Å². The van der Waals surface area contributed by atoms with Crippen molar-refractivity contribution in [2.24, 2.45) is 0 Å². The highest BCUT2D eigenvalue weighted by Crippen LogP contribution is 2.25. The van der Waals surface area contributed by atoms with Crippen LogP contribution in [0.1, 0.15) is 26.7 Å². The lowest BCUT2D eigenvalue weighted by Gasteiger charge is -2.24. The molecule has 2 aromatic carbocycles. The maximum Gasteiger partial charge on any atom is 0.262 e. The van der Waals surface area contributed by atoms with Crippen LogP contribution >= 0.6 is 0 Å². The van der Waals surface area contributed by atoms with Gasteiger partial charge in [0.15, 0.2) is 18.1 Å². The first-order valence-corrected chi connectivity index (χ1v) is 9.08. The van der Waals surface area contributed by atoms with Crippen molar-refractivity contribution in [2.45, 2.75) is 26.7 Å². The number of carbonyl (C=O) groups is 1. The first-order chi connectivity index (χ1) is 12.7. The number of hydrogen-bond acceptors (Lipinski definition) is 4. The van der Waals surface area contributed by atoms with E-state index < -0.39 is 0 Å². The molecule has 0 saturated heterocycles. The summed E-state index contributed by atoms with van der Waals surface area (Å²) in [5.41, 5.74) is 1.94. The van der Waals surface area contributed by atoms with Gasteiger partial charge in [-0.2, -0.15) is 0 Å². The lowest BCUT2D eigenvalue weighted by atomic mass is 10.2. The molecule has 0 radical (unpaired) electrons. The van der Waals surface area contributed by atoms with Crippen LogP contribution in [0.3, 0.4) is 0 Å². The number of carbonyl (C=O) groups excluding carboxylic acids is 1. The third-order valence-electron chi connectivity index (χ3n) is 3.93. The Kier molecular flexibility index (Phi) is 7.80. The summed E-state index contributed by atoms with van der Waals surface area (Å²) < 4.78 is 10.8. The average Bonchev–Trinajstić information content (AvgIpc) is 2.67. The molecule has 0 saturated carbocycles. The highest BCUT2D eigenvalue weighted by Gasteiger charge is 2.08. The molecule has 0 spiro atoms. The molecule has 0 aliphatic carbocycles. The Bertz CT molecular complexity index is 680. The number of hydrogen-bond donors (Lipinski definition) is 1. The zero-order valence-electron chi connectivity index (χ0n) is 15.8. The third-order valence-corrected chi connectivity index (χ3v) is 3.93. The van der Waals surface area contributed by atoms with Crippen molar-refractivity contribution in [1.29, 1.82) is 0 Å². The van der Waals surface area contributed by atoms with Gasteiger partial charge in [0.1, 0.15) is 0 Å². The summed E-state index contributed by atoms with van der Waals surface area (Å²) in [6.07, 6.45) is 2.22. The van der Waals surface area contributed by atoms with E-state index in [9.17, 15) is 4.79 Å². The van der Waals surface area contributed by atoms with Crippen LogP contribution in [0.2, 0.25) is 0 Å². The van der Waals surface area contributed by atoms with Crippen LogP contribution in [0.4, 0.5) is 11.4 Å². The third kappa shape index (κ3) is 5.69. The highest BCUT2D eigenvalue weighted by molar-refractivity contribution is 5.92. The van der Waals surface area contributed by atoms with E-state index in [1.807, 2.05) is 36.4 Å². The van der Waals surface area contributed by atoms with Crippen LogP contribution in [0.25, 0.3) is 0 Å². The number of nitrogens with zero attached hydrogens (tertiary/aromatic N) is 1. The molecule has 0 heterocycles. The molecule has 26 heavy (non-hydrogen) atoms. The lowest BCUT2D eigenvalue weighted by Crippen LogP contribution is -2.25. The van der Waals surface area contributed by atoms with Gasteiger partial charge in [0, 0.05) is 24.5 Å². The number of methoxy groups -OCH3 is 1. The summed E-state index contributed by atoms with van der Waals surface area (Å²) >= 11 is 0. The minimum absolute atomic E-state index is 0.0695. The largest absolute Gasteiger partial charge is 0.493 e. The number of rotatable bonds is 10. The SMILES string of the molecule is CCCN(CCC)c1ccc(NC(=O)COc2ccccc2OC)cc1. The van der Waals surface area contributed by atoms with Gasteiger partial charge in [-0.15, -0.1) is 0 Å². The second-order valence-corrected chi connectivity index (χ2v) is 6.02. The van der Waals surface area contributed by atoms with Crippen molar-refractivity contribution >= 4 is 17.3 Å². The van der Waals surface area contributed by atoms with E-state index in [4.69, 9.17) is 9.47 Å². The number of benzene rings is 2. The first kappa shape index (κ1) is 19.6. The molecule has 1 amide bonds. The van der Waals surface area contributed by atoms with Gasteiger partial charge in [-0.3, -0.25) is 4.79 Å². The minimum atomic E-state index is -0.206. The van der Waals surface area contributed by atoms with Gasteiger partial charge in [0.05, 0.1) is 7.11 Å². The van der Waals surface area contributed by atoms with E-state index in [-0.39, 0.29) is 12.5 Å². The standard InChI is InChI=1S/C21H28N2O3/c1-4-14-23(15-5-2)18-12-10-17(11-13-18)22-21(24)16-26-20-9-7-6-8-19(20)25-3/h6-13H,4-5,14-16H2,1-3H3,(H,22,24). The topological polar surface area (TPSA) is 50.8 Å². The van der Waals surface area contributed by atoms with Crippen molar-refractivity contribution < 1.29 is 14.3 Å². The predicted octanol–water partition coefficient (Wildman–Crippen LogP) is 4.34. The predicted molar refractivity (Wildman–Crippen MR) is 106 cm³/mol. The number of nitrogens with one attached hydrogen (secondary N) is 1. The second-order valence-electron chi connectivity index (χ2n) is 6.02. The maximum atomic E-state index is 12.1. The molecular weight excluding hydrogens is 328 g/mol. The molecule has 5 nitrogen and oxygen atoms in total. The summed E-state index contributed by atoms with van der Waals surface area (Å²) in [5.74, 6) is 0.953. The summed E-state index contributed by atoms with van der Waals surface area (Å²) in [5, 5.41) is 2.86. The van der Waals surface area contributed by atoms with Gasteiger partial charge in [-0.1, -0.05) is 26.0 Å². The van der Waals surface area contributed by atoms with Gasteiger partial charge < -0.3 is 19.7 Å². The Morgan fingerprint density at radius 2 is 1.58 bits per heavy atom. The van der Waals surface area contributed by atoms with E-state index in [0.717, 1.165) is 31.6 Å². The molecule has 0 aliphatic rings. The Morgan fingerprint density at radius 3 is 2.15 bits per heavy atom. The van der Waals surface area contributed by atoms with Crippen molar-refractivity contribution in [3.05, 3.63) is 48.5 Å². The van der Waals surface area contributed by atoms with Gasteiger partial charge in [-0.05, 0) is 49.2 Å². The normalized spacial score (nSPS) is 10.3. The first-order valence-electron chi connectivity index (χ1n) is 9.08. The van der Waals surface area contributed by atoms with Crippen molar-refractivity contribution in [3.8, 4) is 11.5 Å². The molecule has 0 aromatic heterocycles. The highest BCUT2D eigenvalue weighted by atomic mass is 16.5. The number of ether oxygens (including phenoxy) is 2. The number of amides is 1. The van der Waals surface area contributed by atoms with Crippen molar-refractivity contribution in [1.82, 2.24) is 0 Å². The van der Waals surface area contributed by atoms with E-state index in [2.05, 4.69) is 24.1 Å². The summed E-state index contributed by atoms with van der Waals surface area (Å²) in [7, 11) is 1.57. The zero-order valence-corrected chi connectivity index (χ0v) is 15.8. The second kappa shape index (κ2) is 10.3. The molecule has 0 unspecified atom stereocenters. The van der Waals surface area contributed by atoms with E-state index in [1.165, 1.54) is 5.69 Å². The Hall–Kier alpha value is -2.69. The zero-order chi connectivity index (χ0) is 18.8. The number of anilines is 2. The molecule has 0 bridgehead atoms. The smallest absolute Gasteiger partial charge is 0.262 e. The molecule has 140 valence electrons. The summed E-state index contributed by atoms with van der Waals surface area (Å²) in [6.45, 7) is 6.36. The van der Waals surface area contributed by atoms with Crippen LogP contribution in [0.15, 0.2) is 48.5 Å². The van der Waals surface area contributed by atoms with Crippen molar-refractivity contribution in [2.75, 3.05) is 37.0 Å². The van der Waals surface area contributed by atoms with Crippen LogP contribution in [-0.4, -0.2) is 32.7 Å². The Labute approximate surface area is 155 Å². The van der Waals surface area contributed by atoms with Gasteiger partial charge in [-0.25, -0.2) is 0 Å². The van der Waals surface area contributed by atoms with Gasteiger partial charge in [0.25, 0.3) is 5.91 Å². The van der Waals surface area contributed by atoms with Crippen LogP contribution in [-0.2, 0) is 4.79 Å². The van der Waals surface area contributed by atoms with Crippen molar-refractivity contribution in [3.63, 3.8) is 0 Å². The molecule has 2 aromatic rings.